The molecular formula is C21H21BrClN5O2S. The third-order valence-corrected chi connectivity index (χ3v) is 6.82. The third-order valence-electron chi connectivity index (χ3n) is 4.57. The zero-order valence-electron chi connectivity index (χ0n) is 17.2. The van der Waals surface area contributed by atoms with Crippen LogP contribution in [0.5, 0.6) is 0 Å². The van der Waals surface area contributed by atoms with E-state index in [-0.39, 0.29) is 24.0 Å². The van der Waals surface area contributed by atoms with E-state index in [1.165, 1.54) is 17.3 Å². The summed E-state index contributed by atoms with van der Waals surface area (Å²) in [6.07, 6.45) is 0.0839. The number of benzene rings is 2. The van der Waals surface area contributed by atoms with Gasteiger partial charge in [-0.3, -0.25) is 9.59 Å². The van der Waals surface area contributed by atoms with Gasteiger partial charge in [0.05, 0.1) is 17.2 Å². The van der Waals surface area contributed by atoms with E-state index in [0.29, 0.717) is 21.7 Å². The van der Waals surface area contributed by atoms with Crippen LogP contribution in [-0.2, 0) is 23.1 Å². The quantitative estimate of drug-likeness (QED) is 0.437. The molecule has 162 valence electrons. The highest BCUT2D eigenvalue weighted by molar-refractivity contribution is 9.10. The number of anilines is 2. The van der Waals surface area contributed by atoms with E-state index in [1.54, 1.807) is 29.8 Å². The van der Waals surface area contributed by atoms with Gasteiger partial charge in [0.25, 0.3) is 0 Å². The first-order valence-electron chi connectivity index (χ1n) is 9.36. The van der Waals surface area contributed by atoms with E-state index >= 15 is 0 Å². The Labute approximate surface area is 198 Å². The minimum Gasteiger partial charge on any atom is -0.326 e. The van der Waals surface area contributed by atoms with Gasteiger partial charge >= 0.3 is 0 Å². The van der Waals surface area contributed by atoms with Gasteiger partial charge in [-0.05, 0) is 71.2 Å². The van der Waals surface area contributed by atoms with Crippen LogP contribution in [0, 0.1) is 13.8 Å². The van der Waals surface area contributed by atoms with E-state index in [0.717, 1.165) is 15.7 Å². The molecule has 0 saturated heterocycles. The number of aryl methyl sites for hydroxylation is 2. The Morgan fingerprint density at radius 3 is 2.42 bits per heavy atom. The normalized spacial score (nSPS) is 10.7. The van der Waals surface area contributed by atoms with E-state index < -0.39 is 0 Å². The number of carbonyl (C=O) groups is 2. The highest BCUT2D eigenvalue weighted by Gasteiger charge is 2.15. The Morgan fingerprint density at radius 1 is 1.03 bits per heavy atom. The predicted molar refractivity (Wildman–Crippen MR) is 128 cm³/mol. The molecule has 3 rings (SSSR count). The molecule has 0 saturated carbocycles. The van der Waals surface area contributed by atoms with Crippen molar-refractivity contribution in [2.75, 3.05) is 16.4 Å². The topological polar surface area (TPSA) is 88.9 Å². The summed E-state index contributed by atoms with van der Waals surface area (Å²) in [6, 6.07) is 11.0. The number of carbonyl (C=O) groups excluding carboxylic acids is 2. The minimum absolute atomic E-state index is 0.0839. The molecule has 0 spiro atoms. The molecule has 2 amide bonds. The molecule has 1 heterocycles. The molecule has 1 aromatic heterocycles. The molecule has 7 nitrogen and oxygen atoms in total. The Kier molecular flexibility index (Phi) is 7.74. The molecule has 0 unspecified atom stereocenters. The molecule has 0 radical (unpaired) electrons. The lowest BCUT2D eigenvalue weighted by Crippen LogP contribution is -2.17. The molecule has 2 aromatic carbocycles. The molecule has 0 aliphatic heterocycles. The Hall–Kier alpha value is -2.36. The van der Waals surface area contributed by atoms with Gasteiger partial charge < -0.3 is 15.2 Å². The van der Waals surface area contributed by atoms with Crippen molar-refractivity contribution in [2.45, 2.75) is 25.4 Å². The number of amides is 2. The number of nitrogens with one attached hydrogen (secondary N) is 2. The standard InChI is InChI=1S/C21H21BrClN5O2S/c1-12-4-5-14(8-13(12)2)24-19(29)10-18-26-27-21(28(18)3)31-11-20(30)25-15-6-7-16(22)17(23)9-15/h4-9H,10-11H2,1-3H3,(H,24,29)(H,25,30). The van der Waals surface area contributed by atoms with Crippen molar-refractivity contribution in [3.05, 3.63) is 62.8 Å². The first-order valence-corrected chi connectivity index (χ1v) is 11.5. The number of thioether (sulfide) groups is 1. The molecule has 0 bridgehead atoms. The van der Waals surface area contributed by atoms with Crippen LogP contribution in [0.1, 0.15) is 17.0 Å². The fraction of sp³-hybridized carbons (Fsp3) is 0.238. The number of hydrogen-bond donors (Lipinski definition) is 2. The summed E-state index contributed by atoms with van der Waals surface area (Å²) in [4.78, 5) is 24.6. The Balaban J connectivity index is 1.54. The highest BCUT2D eigenvalue weighted by Crippen LogP contribution is 2.26. The average molecular weight is 523 g/mol. The molecule has 0 aliphatic rings. The summed E-state index contributed by atoms with van der Waals surface area (Å²) in [5.74, 6) is 0.290. The van der Waals surface area contributed by atoms with E-state index in [1.807, 2.05) is 32.0 Å². The molecule has 3 aromatic rings. The van der Waals surface area contributed by atoms with Crippen LogP contribution < -0.4 is 10.6 Å². The lowest BCUT2D eigenvalue weighted by atomic mass is 10.1. The first kappa shape index (κ1) is 23.3. The summed E-state index contributed by atoms with van der Waals surface area (Å²) in [5, 5.41) is 14.9. The van der Waals surface area contributed by atoms with Gasteiger partial charge in [-0.25, -0.2) is 0 Å². The molecule has 0 atom stereocenters. The maximum atomic E-state index is 12.4. The van der Waals surface area contributed by atoms with Crippen LogP contribution in [0.2, 0.25) is 5.02 Å². The van der Waals surface area contributed by atoms with Crippen molar-refractivity contribution in [2.24, 2.45) is 7.05 Å². The smallest absolute Gasteiger partial charge is 0.234 e. The summed E-state index contributed by atoms with van der Waals surface area (Å²) in [6.45, 7) is 4.02. The molecular weight excluding hydrogens is 502 g/mol. The zero-order chi connectivity index (χ0) is 22.5. The van der Waals surface area contributed by atoms with Crippen LogP contribution in [-0.4, -0.2) is 32.3 Å². The molecule has 2 N–H and O–H groups in total. The third kappa shape index (κ3) is 6.32. The minimum atomic E-state index is -0.194. The van der Waals surface area contributed by atoms with Crippen molar-refractivity contribution >= 4 is 62.5 Å². The Bertz CT molecular complexity index is 1130. The molecule has 10 heteroatoms. The van der Waals surface area contributed by atoms with Crippen LogP contribution in [0.15, 0.2) is 46.0 Å². The van der Waals surface area contributed by atoms with Gasteiger partial charge in [0, 0.05) is 22.9 Å². The largest absolute Gasteiger partial charge is 0.326 e. The van der Waals surface area contributed by atoms with Crippen LogP contribution in [0.25, 0.3) is 0 Å². The fourth-order valence-electron chi connectivity index (χ4n) is 2.69. The SMILES string of the molecule is Cc1ccc(NC(=O)Cc2nnc(SCC(=O)Nc3ccc(Br)c(Cl)c3)n2C)cc1C. The second kappa shape index (κ2) is 10.3. The van der Waals surface area contributed by atoms with Crippen molar-refractivity contribution in [3.63, 3.8) is 0 Å². The highest BCUT2D eigenvalue weighted by atomic mass is 79.9. The summed E-state index contributed by atoms with van der Waals surface area (Å²) in [7, 11) is 1.77. The predicted octanol–water partition coefficient (Wildman–Crippen LogP) is 4.76. The number of hydrogen-bond acceptors (Lipinski definition) is 5. The van der Waals surface area contributed by atoms with E-state index in [2.05, 4.69) is 36.8 Å². The number of aromatic nitrogens is 3. The number of rotatable bonds is 7. The van der Waals surface area contributed by atoms with Gasteiger partial charge in [-0.15, -0.1) is 10.2 Å². The fourth-order valence-corrected chi connectivity index (χ4v) is 3.85. The summed E-state index contributed by atoms with van der Waals surface area (Å²) >= 11 is 10.6. The number of halogens is 2. The van der Waals surface area contributed by atoms with Gasteiger partial charge in [0.2, 0.25) is 11.8 Å². The lowest BCUT2D eigenvalue weighted by Gasteiger charge is -2.08. The summed E-state index contributed by atoms with van der Waals surface area (Å²) in [5.41, 5.74) is 3.63. The van der Waals surface area contributed by atoms with Gasteiger partial charge in [-0.1, -0.05) is 29.4 Å². The first-order chi connectivity index (χ1) is 14.7. The Morgan fingerprint density at radius 2 is 1.71 bits per heavy atom. The van der Waals surface area contributed by atoms with E-state index in [9.17, 15) is 9.59 Å². The van der Waals surface area contributed by atoms with Gasteiger partial charge in [0.15, 0.2) is 5.16 Å². The average Bonchev–Trinajstić information content (AvgIpc) is 3.05. The van der Waals surface area contributed by atoms with E-state index in [4.69, 9.17) is 11.6 Å². The summed E-state index contributed by atoms with van der Waals surface area (Å²) < 4.78 is 2.48. The van der Waals surface area contributed by atoms with Crippen LogP contribution in [0.4, 0.5) is 11.4 Å². The lowest BCUT2D eigenvalue weighted by molar-refractivity contribution is -0.116. The molecule has 31 heavy (non-hydrogen) atoms. The maximum Gasteiger partial charge on any atom is 0.234 e. The van der Waals surface area contributed by atoms with Crippen LogP contribution >= 0.6 is 39.3 Å². The number of nitrogens with zero attached hydrogens (tertiary/aromatic N) is 3. The van der Waals surface area contributed by atoms with Crippen LogP contribution in [0.3, 0.4) is 0 Å². The maximum absolute atomic E-state index is 12.4. The van der Waals surface area contributed by atoms with Gasteiger partial charge in [-0.2, -0.15) is 0 Å². The second-order valence-corrected chi connectivity index (χ2v) is 9.15. The van der Waals surface area contributed by atoms with Crippen molar-refractivity contribution in [3.8, 4) is 0 Å². The monoisotopic (exact) mass is 521 g/mol. The van der Waals surface area contributed by atoms with Crippen molar-refractivity contribution < 1.29 is 9.59 Å². The molecule has 0 fully saturated rings. The molecule has 0 aliphatic carbocycles. The second-order valence-electron chi connectivity index (χ2n) is 6.95. The van der Waals surface area contributed by atoms with Crippen molar-refractivity contribution in [1.29, 1.82) is 0 Å². The van der Waals surface area contributed by atoms with Crippen molar-refractivity contribution in [1.82, 2.24) is 14.8 Å². The zero-order valence-corrected chi connectivity index (χ0v) is 20.4. The van der Waals surface area contributed by atoms with Gasteiger partial charge in [0.1, 0.15) is 5.82 Å².